The molecule has 6 nitrogen and oxygen atoms in total. The predicted octanol–water partition coefficient (Wildman–Crippen LogP) is 2.40. The summed E-state index contributed by atoms with van der Waals surface area (Å²) in [4.78, 5) is 0. The summed E-state index contributed by atoms with van der Waals surface area (Å²) in [5, 5.41) is 11.8. The first kappa shape index (κ1) is 11.7. The van der Waals surface area contributed by atoms with Gasteiger partial charge in [-0.05, 0) is 22.4 Å². The minimum Gasteiger partial charge on any atom is -0.378 e. The van der Waals surface area contributed by atoms with Crippen LogP contribution in [-0.4, -0.2) is 16.5 Å². The second kappa shape index (κ2) is 5.03. The van der Waals surface area contributed by atoms with E-state index in [2.05, 4.69) is 25.5 Å². The Morgan fingerprint density at radius 2 is 2.18 bits per heavy atom. The van der Waals surface area contributed by atoms with Gasteiger partial charge in [0.05, 0.1) is 11.2 Å². The van der Waals surface area contributed by atoms with E-state index in [1.54, 1.807) is 18.2 Å². The van der Waals surface area contributed by atoms with Crippen LogP contribution in [-0.2, 0) is 0 Å². The Labute approximate surface area is 106 Å². The zero-order chi connectivity index (χ0) is 12.3. The molecule has 0 radical (unpaired) electrons. The molecule has 0 amide bonds. The molecule has 0 aliphatic carbocycles. The van der Waals surface area contributed by atoms with E-state index in [4.69, 9.17) is 28.9 Å². The minimum atomic E-state index is 0.129. The summed E-state index contributed by atoms with van der Waals surface area (Å²) in [6.07, 6.45) is 1.51. The Kier molecular flexibility index (Phi) is 3.46. The van der Waals surface area contributed by atoms with E-state index in [0.717, 1.165) is 0 Å². The molecular formula is C9H7Cl2N5O. The van der Waals surface area contributed by atoms with Gasteiger partial charge in [-0.1, -0.05) is 29.3 Å². The quantitative estimate of drug-likeness (QED) is 0.661. The number of nitrogen functional groups attached to an aromatic ring is 1. The van der Waals surface area contributed by atoms with E-state index < -0.39 is 0 Å². The van der Waals surface area contributed by atoms with Gasteiger partial charge in [0.25, 0.3) is 0 Å². The summed E-state index contributed by atoms with van der Waals surface area (Å²) in [6, 6.07) is 5.07. The highest BCUT2D eigenvalue weighted by atomic mass is 35.5. The van der Waals surface area contributed by atoms with Crippen LogP contribution in [0.4, 0.5) is 11.6 Å². The van der Waals surface area contributed by atoms with Crippen LogP contribution in [0, 0.1) is 0 Å². The number of aromatic nitrogens is 2. The van der Waals surface area contributed by atoms with Crippen LogP contribution in [0.25, 0.3) is 0 Å². The van der Waals surface area contributed by atoms with Crippen molar-refractivity contribution < 1.29 is 4.63 Å². The highest BCUT2D eigenvalue weighted by Gasteiger charge is 2.03. The van der Waals surface area contributed by atoms with Gasteiger partial charge in [-0.2, -0.15) is 5.10 Å². The normalized spacial score (nSPS) is 10.9. The van der Waals surface area contributed by atoms with Crippen molar-refractivity contribution in [2.75, 3.05) is 11.2 Å². The lowest BCUT2D eigenvalue weighted by Crippen LogP contribution is -1.95. The second-order valence-electron chi connectivity index (χ2n) is 3.03. The van der Waals surface area contributed by atoms with Gasteiger partial charge in [0.2, 0.25) is 11.6 Å². The molecule has 2 rings (SSSR count). The Morgan fingerprint density at radius 1 is 1.35 bits per heavy atom. The monoisotopic (exact) mass is 271 g/mol. The molecule has 88 valence electrons. The van der Waals surface area contributed by atoms with Gasteiger partial charge in [0.1, 0.15) is 0 Å². The van der Waals surface area contributed by atoms with E-state index in [1.807, 2.05) is 0 Å². The summed E-state index contributed by atoms with van der Waals surface area (Å²) in [6.45, 7) is 0. The summed E-state index contributed by atoms with van der Waals surface area (Å²) in [7, 11) is 0. The minimum absolute atomic E-state index is 0.129. The molecule has 17 heavy (non-hydrogen) atoms. The third-order valence-electron chi connectivity index (χ3n) is 1.85. The molecule has 2 aromatic rings. The molecule has 0 saturated heterocycles. The molecule has 3 N–H and O–H groups in total. The van der Waals surface area contributed by atoms with Crippen molar-refractivity contribution in [1.82, 2.24) is 10.3 Å². The number of nitrogens with zero attached hydrogens (tertiary/aromatic N) is 3. The number of halogens is 2. The van der Waals surface area contributed by atoms with Crippen molar-refractivity contribution in [2.24, 2.45) is 5.10 Å². The lowest BCUT2D eigenvalue weighted by atomic mass is 10.2. The third-order valence-corrected chi connectivity index (χ3v) is 2.41. The van der Waals surface area contributed by atoms with Crippen molar-refractivity contribution in [1.29, 1.82) is 0 Å². The fourth-order valence-electron chi connectivity index (χ4n) is 1.04. The average molecular weight is 272 g/mol. The zero-order valence-corrected chi connectivity index (χ0v) is 9.90. The maximum absolute atomic E-state index is 5.95. The van der Waals surface area contributed by atoms with E-state index in [9.17, 15) is 0 Å². The number of hydrazone groups is 1. The molecular weight excluding hydrogens is 265 g/mol. The largest absolute Gasteiger partial charge is 0.378 e. The highest BCUT2D eigenvalue weighted by molar-refractivity contribution is 6.36. The van der Waals surface area contributed by atoms with Gasteiger partial charge in [-0.25, -0.2) is 4.63 Å². The first-order chi connectivity index (χ1) is 8.16. The van der Waals surface area contributed by atoms with Crippen LogP contribution < -0.4 is 11.2 Å². The molecule has 0 spiro atoms. The molecule has 0 saturated carbocycles. The van der Waals surface area contributed by atoms with Crippen molar-refractivity contribution in [2.45, 2.75) is 0 Å². The molecule has 1 aromatic heterocycles. The van der Waals surface area contributed by atoms with Crippen LogP contribution >= 0.6 is 23.2 Å². The van der Waals surface area contributed by atoms with Crippen LogP contribution in [0.5, 0.6) is 0 Å². The van der Waals surface area contributed by atoms with Crippen molar-refractivity contribution in [3.8, 4) is 0 Å². The van der Waals surface area contributed by atoms with Gasteiger partial charge < -0.3 is 5.73 Å². The van der Waals surface area contributed by atoms with Gasteiger partial charge in [-0.15, -0.1) is 0 Å². The maximum Gasteiger partial charge on any atom is 0.235 e. The van der Waals surface area contributed by atoms with Crippen LogP contribution in [0.3, 0.4) is 0 Å². The SMILES string of the molecule is Nc1nonc1N/N=C/c1ccc(Cl)cc1Cl. The lowest BCUT2D eigenvalue weighted by Gasteiger charge is -1.98. The molecule has 0 fully saturated rings. The van der Waals surface area contributed by atoms with E-state index in [0.29, 0.717) is 15.6 Å². The number of nitrogens with one attached hydrogen (secondary N) is 1. The molecule has 0 unspecified atom stereocenters. The average Bonchev–Trinajstić information content (AvgIpc) is 2.68. The topological polar surface area (TPSA) is 89.3 Å². The number of nitrogens with two attached hydrogens (primary N) is 1. The van der Waals surface area contributed by atoms with E-state index >= 15 is 0 Å². The summed E-state index contributed by atoms with van der Waals surface area (Å²) in [5.74, 6) is 0.371. The second-order valence-corrected chi connectivity index (χ2v) is 3.88. The fourth-order valence-corrected chi connectivity index (χ4v) is 1.50. The fraction of sp³-hybridized carbons (Fsp3) is 0. The van der Waals surface area contributed by atoms with Crippen LogP contribution in [0.15, 0.2) is 27.9 Å². The van der Waals surface area contributed by atoms with Crippen LogP contribution in [0.2, 0.25) is 10.0 Å². The van der Waals surface area contributed by atoms with Crippen molar-refractivity contribution >= 4 is 41.1 Å². The third kappa shape index (κ3) is 2.86. The van der Waals surface area contributed by atoms with Gasteiger partial charge >= 0.3 is 0 Å². The van der Waals surface area contributed by atoms with Gasteiger partial charge in [0, 0.05) is 10.6 Å². The zero-order valence-electron chi connectivity index (χ0n) is 8.39. The lowest BCUT2D eigenvalue weighted by molar-refractivity contribution is 0.310. The standard InChI is InChI=1S/C9H7Cl2N5O/c10-6-2-1-5(7(11)3-6)4-13-14-9-8(12)15-17-16-9/h1-4H,(H2,12,15)(H,14,16)/b13-4+. The van der Waals surface area contributed by atoms with Gasteiger partial charge in [0.15, 0.2) is 0 Å². The van der Waals surface area contributed by atoms with Crippen molar-refractivity contribution in [3.63, 3.8) is 0 Å². The molecule has 1 heterocycles. The van der Waals surface area contributed by atoms with Crippen molar-refractivity contribution in [3.05, 3.63) is 33.8 Å². The molecule has 0 aliphatic heterocycles. The smallest absolute Gasteiger partial charge is 0.235 e. The van der Waals surface area contributed by atoms with Gasteiger partial charge in [-0.3, -0.25) is 5.43 Å². The summed E-state index contributed by atoms with van der Waals surface area (Å²) >= 11 is 11.7. The summed E-state index contributed by atoms with van der Waals surface area (Å²) < 4.78 is 4.38. The Morgan fingerprint density at radius 3 is 2.82 bits per heavy atom. The Balaban J connectivity index is 2.08. The Hall–Kier alpha value is -1.79. The molecule has 8 heteroatoms. The maximum atomic E-state index is 5.95. The van der Waals surface area contributed by atoms with E-state index in [1.165, 1.54) is 6.21 Å². The summed E-state index contributed by atoms with van der Waals surface area (Å²) in [5.41, 5.74) is 8.70. The molecule has 0 atom stereocenters. The molecule has 1 aromatic carbocycles. The molecule has 0 aliphatic rings. The number of rotatable bonds is 3. The first-order valence-corrected chi connectivity index (χ1v) is 5.24. The highest BCUT2D eigenvalue weighted by Crippen LogP contribution is 2.19. The first-order valence-electron chi connectivity index (χ1n) is 4.49. The predicted molar refractivity (Wildman–Crippen MR) is 66.4 cm³/mol. The number of hydrogen-bond donors (Lipinski definition) is 2. The molecule has 0 bridgehead atoms. The number of hydrogen-bond acceptors (Lipinski definition) is 6. The Bertz CT molecular complexity index is 554. The number of benzene rings is 1. The number of anilines is 2. The van der Waals surface area contributed by atoms with E-state index in [-0.39, 0.29) is 11.6 Å². The van der Waals surface area contributed by atoms with Crippen LogP contribution in [0.1, 0.15) is 5.56 Å².